The first kappa shape index (κ1) is 17.0. The standard InChI is InChI=1S/C12H18F3N5O/c1-4-5-16-11-18-8(12(13,14)15)6-9(19-11)17-7-10(21)20(2)3/h6H,4-5,7H2,1-3H3,(H2,16,17,18,19). The zero-order valence-electron chi connectivity index (χ0n) is 12.1. The van der Waals surface area contributed by atoms with E-state index in [0.717, 1.165) is 12.5 Å². The summed E-state index contributed by atoms with van der Waals surface area (Å²) in [5, 5.41) is 5.27. The molecule has 0 radical (unpaired) electrons. The lowest BCUT2D eigenvalue weighted by Crippen LogP contribution is -2.29. The van der Waals surface area contributed by atoms with Crippen molar-refractivity contribution < 1.29 is 18.0 Å². The minimum absolute atomic E-state index is 0.0499. The number of anilines is 2. The van der Waals surface area contributed by atoms with Crippen LogP contribution < -0.4 is 10.6 Å². The summed E-state index contributed by atoms with van der Waals surface area (Å²) in [6.07, 6.45) is -3.85. The van der Waals surface area contributed by atoms with E-state index < -0.39 is 11.9 Å². The molecule has 9 heteroatoms. The zero-order chi connectivity index (χ0) is 16.0. The third kappa shape index (κ3) is 5.44. The first-order valence-electron chi connectivity index (χ1n) is 6.38. The molecule has 1 aromatic rings. The average Bonchev–Trinajstić information content (AvgIpc) is 2.41. The monoisotopic (exact) mass is 305 g/mol. The number of nitrogens with zero attached hydrogens (tertiary/aromatic N) is 3. The fourth-order valence-corrected chi connectivity index (χ4v) is 1.32. The third-order valence-electron chi connectivity index (χ3n) is 2.47. The molecule has 1 aromatic heterocycles. The van der Waals surface area contributed by atoms with Crippen LogP contribution in [0, 0.1) is 0 Å². The lowest BCUT2D eigenvalue weighted by molar-refractivity contribution is -0.141. The number of hydrogen-bond acceptors (Lipinski definition) is 5. The Morgan fingerprint density at radius 1 is 1.29 bits per heavy atom. The maximum atomic E-state index is 12.8. The van der Waals surface area contributed by atoms with Crippen molar-refractivity contribution in [2.24, 2.45) is 0 Å². The summed E-state index contributed by atoms with van der Waals surface area (Å²) in [5.41, 5.74) is -1.06. The molecule has 0 aliphatic heterocycles. The van der Waals surface area contributed by atoms with Crippen molar-refractivity contribution in [3.63, 3.8) is 0 Å². The van der Waals surface area contributed by atoms with Crippen LogP contribution in [0.3, 0.4) is 0 Å². The second kappa shape index (κ2) is 7.09. The van der Waals surface area contributed by atoms with E-state index in [2.05, 4.69) is 20.6 Å². The lowest BCUT2D eigenvalue weighted by Gasteiger charge is -2.14. The van der Waals surface area contributed by atoms with Crippen molar-refractivity contribution in [1.29, 1.82) is 0 Å². The number of halogens is 3. The number of aromatic nitrogens is 2. The van der Waals surface area contributed by atoms with Gasteiger partial charge in [-0.3, -0.25) is 4.79 Å². The summed E-state index contributed by atoms with van der Waals surface area (Å²) in [6.45, 7) is 2.18. The van der Waals surface area contributed by atoms with Crippen molar-refractivity contribution in [1.82, 2.24) is 14.9 Å². The van der Waals surface area contributed by atoms with Crippen LogP contribution in [0.25, 0.3) is 0 Å². The van der Waals surface area contributed by atoms with Gasteiger partial charge in [0.15, 0.2) is 5.69 Å². The predicted molar refractivity (Wildman–Crippen MR) is 73.0 cm³/mol. The fraction of sp³-hybridized carbons (Fsp3) is 0.583. The quantitative estimate of drug-likeness (QED) is 0.839. The number of rotatable bonds is 6. The van der Waals surface area contributed by atoms with Gasteiger partial charge in [0.2, 0.25) is 11.9 Å². The maximum Gasteiger partial charge on any atom is 0.433 e. The highest BCUT2D eigenvalue weighted by Crippen LogP contribution is 2.29. The Hall–Kier alpha value is -2.06. The van der Waals surface area contributed by atoms with Crippen LogP contribution in [0.1, 0.15) is 19.0 Å². The summed E-state index contributed by atoms with van der Waals surface area (Å²) < 4.78 is 38.3. The molecule has 0 fully saturated rings. The first-order valence-corrected chi connectivity index (χ1v) is 6.38. The van der Waals surface area contributed by atoms with Crippen LogP contribution in [0.15, 0.2) is 6.07 Å². The zero-order valence-corrected chi connectivity index (χ0v) is 12.1. The summed E-state index contributed by atoms with van der Waals surface area (Å²) in [7, 11) is 3.11. The number of carbonyl (C=O) groups is 1. The number of likely N-dealkylation sites (N-methyl/N-ethyl adjacent to an activating group) is 1. The fourth-order valence-electron chi connectivity index (χ4n) is 1.32. The number of hydrogen-bond donors (Lipinski definition) is 2. The maximum absolute atomic E-state index is 12.8. The van der Waals surface area contributed by atoms with Crippen LogP contribution in [0.4, 0.5) is 24.9 Å². The SMILES string of the molecule is CCCNc1nc(NCC(=O)N(C)C)cc(C(F)(F)F)n1. The summed E-state index contributed by atoms with van der Waals surface area (Å²) >= 11 is 0. The van der Waals surface area contributed by atoms with Gasteiger partial charge in [0, 0.05) is 26.7 Å². The lowest BCUT2D eigenvalue weighted by atomic mass is 10.3. The van der Waals surface area contributed by atoms with Crippen molar-refractivity contribution in [2.45, 2.75) is 19.5 Å². The van der Waals surface area contributed by atoms with E-state index in [4.69, 9.17) is 0 Å². The summed E-state index contributed by atoms with van der Waals surface area (Å²) in [6, 6.07) is 0.778. The Bertz CT molecular complexity index is 490. The molecule has 21 heavy (non-hydrogen) atoms. The van der Waals surface area contributed by atoms with Crippen LogP contribution in [0.2, 0.25) is 0 Å². The third-order valence-corrected chi connectivity index (χ3v) is 2.47. The molecule has 6 nitrogen and oxygen atoms in total. The smallest absolute Gasteiger partial charge is 0.361 e. The molecule has 1 rings (SSSR count). The predicted octanol–water partition coefficient (Wildman–Crippen LogP) is 1.82. The minimum atomic E-state index is -4.58. The van der Waals surface area contributed by atoms with Crippen molar-refractivity contribution in [3.8, 4) is 0 Å². The Morgan fingerprint density at radius 3 is 2.48 bits per heavy atom. The molecular weight excluding hydrogens is 287 g/mol. The summed E-state index contributed by atoms with van der Waals surface area (Å²) in [4.78, 5) is 20.1. The molecule has 0 spiro atoms. The molecule has 0 aliphatic rings. The number of amides is 1. The molecule has 118 valence electrons. The highest BCUT2D eigenvalue weighted by Gasteiger charge is 2.33. The number of alkyl halides is 3. The van der Waals surface area contributed by atoms with E-state index in [-0.39, 0.29) is 24.2 Å². The molecule has 1 heterocycles. The van der Waals surface area contributed by atoms with Gasteiger partial charge in [0.25, 0.3) is 0 Å². The molecule has 1 amide bonds. The minimum Gasteiger partial charge on any atom is -0.361 e. The topological polar surface area (TPSA) is 70.2 Å². The van der Waals surface area contributed by atoms with Gasteiger partial charge < -0.3 is 15.5 Å². The van der Waals surface area contributed by atoms with Gasteiger partial charge >= 0.3 is 6.18 Å². The Balaban J connectivity index is 2.93. The van der Waals surface area contributed by atoms with Crippen molar-refractivity contribution in [2.75, 3.05) is 37.8 Å². The van der Waals surface area contributed by atoms with Gasteiger partial charge in [-0.25, -0.2) is 4.98 Å². The van der Waals surface area contributed by atoms with Gasteiger partial charge in [-0.15, -0.1) is 0 Å². The first-order chi connectivity index (χ1) is 9.74. The molecule has 0 saturated heterocycles. The van der Waals surface area contributed by atoms with Gasteiger partial charge in [-0.2, -0.15) is 18.2 Å². The van der Waals surface area contributed by atoms with Crippen molar-refractivity contribution >= 4 is 17.7 Å². The second-order valence-corrected chi connectivity index (χ2v) is 4.53. The van der Waals surface area contributed by atoms with Crippen LogP contribution >= 0.6 is 0 Å². The van der Waals surface area contributed by atoms with E-state index in [9.17, 15) is 18.0 Å². The Labute approximate surface area is 120 Å². The molecule has 0 aliphatic carbocycles. The molecule has 0 saturated carbocycles. The molecule has 0 unspecified atom stereocenters. The molecule has 0 bridgehead atoms. The Kier molecular flexibility index (Phi) is 5.74. The average molecular weight is 305 g/mol. The Morgan fingerprint density at radius 2 is 1.95 bits per heavy atom. The van der Waals surface area contributed by atoms with Gasteiger partial charge in [-0.1, -0.05) is 6.92 Å². The summed E-state index contributed by atoms with van der Waals surface area (Å²) in [5.74, 6) is -0.442. The largest absolute Gasteiger partial charge is 0.433 e. The highest BCUT2D eigenvalue weighted by molar-refractivity contribution is 5.80. The molecular formula is C12H18F3N5O. The van der Waals surface area contributed by atoms with Crippen LogP contribution in [-0.2, 0) is 11.0 Å². The van der Waals surface area contributed by atoms with Crippen molar-refractivity contribution in [3.05, 3.63) is 11.8 Å². The second-order valence-electron chi connectivity index (χ2n) is 4.53. The van der Waals surface area contributed by atoms with E-state index in [0.29, 0.717) is 6.54 Å². The normalized spacial score (nSPS) is 11.1. The van der Waals surface area contributed by atoms with Crippen LogP contribution in [-0.4, -0.2) is 48.0 Å². The van der Waals surface area contributed by atoms with Gasteiger partial charge in [-0.05, 0) is 6.42 Å². The van der Waals surface area contributed by atoms with Gasteiger partial charge in [0.05, 0.1) is 6.54 Å². The molecule has 0 atom stereocenters. The van der Waals surface area contributed by atoms with E-state index in [1.165, 1.54) is 4.90 Å². The highest BCUT2D eigenvalue weighted by atomic mass is 19.4. The van der Waals surface area contributed by atoms with E-state index in [1.807, 2.05) is 6.92 Å². The number of nitrogens with one attached hydrogen (secondary N) is 2. The van der Waals surface area contributed by atoms with Gasteiger partial charge in [0.1, 0.15) is 5.82 Å². The van der Waals surface area contributed by atoms with Crippen LogP contribution in [0.5, 0.6) is 0 Å². The molecule has 2 N–H and O–H groups in total. The molecule has 0 aromatic carbocycles. The van der Waals surface area contributed by atoms with E-state index in [1.54, 1.807) is 14.1 Å². The number of carbonyl (C=O) groups excluding carboxylic acids is 1. The van der Waals surface area contributed by atoms with E-state index >= 15 is 0 Å².